The lowest BCUT2D eigenvalue weighted by atomic mass is 9.98. The predicted molar refractivity (Wildman–Crippen MR) is 92.1 cm³/mol. The van der Waals surface area contributed by atoms with E-state index in [1.807, 2.05) is 12.1 Å². The molecule has 1 aliphatic heterocycles. The number of aromatic hydroxyl groups is 1. The molecule has 0 bridgehead atoms. The number of rotatable bonds is 4. The number of hydrogen-bond acceptors (Lipinski definition) is 3. The zero-order valence-electron chi connectivity index (χ0n) is 11.9. The maximum absolute atomic E-state index is 9.57. The minimum absolute atomic E-state index is 0. The molecule has 1 aromatic carbocycles. The van der Waals surface area contributed by atoms with E-state index in [2.05, 4.69) is 10.2 Å². The second-order valence-electron chi connectivity index (χ2n) is 5.69. The third-order valence-corrected chi connectivity index (χ3v) is 4.51. The smallest absolute Gasteiger partial charge is 0.134 e. The van der Waals surface area contributed by atoms with Crippen LogP contribution in [0.5, 0.6) is 5.75 Å². The van der Waals surface area contributed by atoms with Crippen LogP contribution in [0.3, 0.4) is 0 Å². The van der Waals surface area contributed by atoms with Crippen LogP contribution in [0.15, 0.2) is 18.2 Å². The summed E-state index contributed by atoms with van der Waals surface area (Å²) < 4.78 is 0. The fraction of sp³-hybridized carbons (Fsp3) is 0.600. The highest BCUT2D eigenvalue weighted by Gasteiger charge is 2.30. The van der Waals surface area contributed by atoms with Crippen molar-refractivity contribution in [2.24, 2.45) is 5.92 Å². The molecule has 0 amide bonds. The molecule has 2 aliphatic rings. The van der Waals surface area contributed by atoms with Crippen molar-refractivity contribution in [3.63, 3.8) is 0 Å². The first-order valence-electron chi connectivity index (χ1n) is 7.17. The molecule has 0 radical (unpaired) electrons. The zero-order chi connectivity index (χ0) is 13.2. The highest BCUT2D eigenvalue weighted by molar-refractivity contribution is 6.32. The van der Waals surface area contributed by atoms with Crippen molar-refractivity contribution < 1.29 is 5.11 Å². The maximum atomic E-state index is 9.57. The van der Waals surface area contributed by atoms with Crippen LogP contribution in [-0.2, 0) is 0 Å². The topological polar surface area (TPSA) is 35.5 Å². The van der Waals surface area contributed by atoms with Gasteiger partial charge >= 0.3 is 0 Å². The van der Waals surface area contributed by atoms with Gasteiger partial charge in [0.15, 0.2) is 0 Å². The number of benzene rings is 1. The summed E-state index contributed by atoms with van der Waals surface area (Å²) in [4.78, 5) is 2.55. The van der Waals surface area contributed by atoms with Crippen LogP contribution < -0.4 is 5.32 Å². The molecule has 2 fully saturated rings. The lowest BCUT2D eigenvalue weighted by Gasteiger charge is -2.35. The van der Waals surface area contributed by atoms with Crippen LogP contribution in [0.1, 0.15) is 30.9 Å². The molecular formula is C15H23Cl3N2O. The quantitative estimate of drug-likeness (QED) is 0.867. The number of piperazine rings is 1. The Hall–Kier alpha value is -0.190. The molecule has 1 aliphatic carbocycles. The summed E-state index contributed by atoms with van der Waals surface area (Å²) >= 11 is 6.07. The lowest BCUT2D eigenvalue weighted by molar-refractivity contribution is 0.160. The van der Waals surface area contributed by atoms with Crippen LogP contribution in [-0.4, -0.2) is 36.2 Å². The molecule has 3 rings (SSSR count). The molecule has 0 spiro atoms. The molecular weight excluding hydrogens is 331 g/mol. The van der Waals surface area contributed by atoms with Crippen molar-refractivity contribution in [1.82, 2.24) is 10.2 Å². The molecule has 3 nitrogen and oxygen atoms in total. The summed E-state index contributed by atoms with van der Waals surface area (Å²) in [6, 6.07) is 6.13. The van der Waals surface area contributed by atoms with E-state index in [0.717, 1.165) is 32.1 Å². The van der Waals surface area contributed by atoms with Gasteiger partial charge in [0.1, 0.15) is 5.75 Å². The first-order valence-corrected chi connectivity index (χ1v) is 7.55. The van der Waals surface area contributed by atoms with Gasteiger partial charge in [-0.05, 0) is 30.0 Å². The molecule has 6 heteroatoms. The fourth-order valence-corrected chi connectivity index (χ4v) is 3.08. The molecule has 120 valence electrons. The van der Waals surface area contributed by atoms with Crippen molar-refractivity contribution in [1.29, 1.82) is 0 Å². The van der Waals surface area contributed by atoms with Gasteiger partial charge in [-0.2, -0.15) is 0 Å². The van der Waals surface area contributed by atoms with Gasteiger partial charge in [0, 0.05) is 32.2 Å². The lowest BCUT2D eigenvalue weighted by Crippen LogP contribution is -2.45. The van der Waals surface area contributed by atoms with E-state index in [0.29, 0.717) is 11.1 Å². The van der Waals surface area contributed by atoms with Crippen LogP contribution in [0, 0.1) is 5.92 Å². The Kier molecular flexibility index (Phi) is 7.58. The summed E-state index contributed by atoms with van der Waals surface area (Å²) in [7, 11) is 0. The summed E-state index contributed by atoms with van der Waals surface area (Å²) in [5.74, 6) is 1.06. The van der Waals surface area contributed by atoms with E-state index in [1.54, 1.807) is 6.07 Å². The molecule has 2 N–H and O–H groups in total. The number of phenols is 1. The van der Waals surface area contributed by atoms with Gasteiger partial charge in [0.25, 0.3) is 0 Å². The van der Waals surface area contributed by atoms with E-state index in [4.69, 9.17) is 11.6 Å². The first-order chi connectivity index (χ1) is 9.24. The van der Waals surface area contributed by atoms with Crippen LogP contribution >= 0.6 is 36.4 Å². The van der Waals surface area contributed by atoms with Gasteiger partial charge in [-0.3, -0.25) is 4.90 Å². The average Bonchev–Trinajstić information content (AvgIpc) is 3.24. The Morgan fingerprint density at radius 2 is 1.90 bits per heavy atom. The van der Waals surface area contributed by atoms with Crippen LogP contribution in [0.25, 0.3) is 0 Å². The first kappa shape index (κ1) is 18.9. The van der Waals surface area contributed by atoms with Crippen molar-refractivity contribution in [3.05, 3.63) is 28.8 Å². The Balaban J connectivity index is 0.00000110. The van der Waals surface area contributed by atoms with Crippen molar-refractivity contribution in [2.75, 3.05) is 26.2 Å². The molecule has 1 heterocycles. The molecule has 1 atom stereocenters. The maximum Gasteiger partial charge on any atom is 0.134 e. The highest BCUT2D eigenvalue weighted by atomic mass is 35.5. The summed E-state index contributed by atoms with van der Waals surface area (Å²) in [6.45, 7) is 4.31. The minimum Gasteiger partial charge on any atom is -0.506 e. The largest absolute Gasteiger partial charge is 0.506 e. The standard InChI is InChI=1S/C15H21ClN2O.2ClH/c16-13-10-12(3-4-15(13)19)14(9-11-1-2-11)18-7-5-17-6-8-18;;/h3-4,10-11,14,17,19H,1-2,5-9H2;2*1H/t14-;;/m1../s1. The van der Waals surface area contributed by atoms with Gasteiger partial charge in [-0.15, -0.1) is 24.8 Å². The molecule has 0 aromatic heterocycles. The number of nitrogens with one attached hydrogen (secondary N) is 1. The van der Waals surface area contributed by atoms with E-state index >= 15 is 0 Å². The SMILES string of the molecule is Cl.Cl.Oc1ccc([C@@H](CC2CC2)N2CCNCC2)cc1Cl. The molecule has 1 saturated heterocycles. The number of hydrogen-bond donors (Lipinski definition) is 2. The highest BCUT2D eigenvalue weighted by Crippen LogP contribution is 2.41. The fourth-order valence-electron chi connectivity index (χ4n) is 2.89. The van der Waals surface area contributed by atoms with Crippen LogP contribution in [0.4, 0.5) is 0 Å². The third kappa shape index (κ3) is 4.90. The van der Waals surface area contributed by atoms with E-state index in [1.165, 1.54) is 24.8 Å². The van der Waals surface area contributed by atoms with Crippen molar-refractivity contribution >= 4 is 36.4 Å². The summed E-state index contributed by atoms with van der Waals surface area (Å²) in [5.41, 5.74) is 1.25. The number of nitrogens with zero attached hydrogens (tertiary/aromatic N) is 1. The summed E-state index contributed by atoms with van der Waals surface area (Å²) in [6.07, 6.45) is 3.96. The van der Waals surface area contributed by atoms with E-state index < -0.39 is 0 Å². The second-order valence-corrected chi connectivity index (χ2v) is 6.10. The van der Waals surface area contributed by atoms with Crippen LogP contribution in [0.2, 0.25) is 5.02 Å². The average molecular weight is 354 g/mol. The number of phenolic OH excluding ortho intramolecular Hbond substituents is 1. The van der Waals surface area contributed by atoms with Gasteiger partial charge in [0.2, 0.25) is 0 Å². The molecule has 21 heavy (non-hydrogen) atoms. The van der Waals surface area contributed by atoms with Gasteiger partial charge in [-0.25, -0.2) is 0 Å². The Morgan fingerprint density at radius 3 is 2.48 bits per heavy atom. The van der Waals surface area contributed by atoms with Crippen molar-refractivity contribution in [2.45, 2.75) is 25.3 Å². The zero-order valence-corrected chi connectivity index (χ0v) is 14.3. The summed E-state index contributed by atoms with van der Waals surface area (Å²) in [5, 5.41) is 13.4. The van der Waals surface area contributed by atoms with E-state index in [9.17, 15) is 5.11 Å². The Bertz CT molecular complexity index is 449. The monoisotopic (exact) mass is 352 g/mol. The number of halogens is 3. The molecule has 0 unspecified atom stereocenters. The van der Waals surface area contributed by atoms with Gasteiger partial charge in [-0.1, -0.05) is 30.5 Å². The molecule has 1 saturated carbocycles. The van der Waals surface area contributed by atoms with Gasteiger partial charge in [0.05, 0.1) is 5.02 Å². The minimum atomic E-state index is 0. The second kappa shape index (κ2) is 8.44. The third-order valence-electron chi connectivity index (χ3n) is 4.20. The normalized spacial score (nSPS) is 20.2. The van der Waals surface area contributed by atoms with Gasteiger partial charge < -0.3 is 10.4 Å². The van der Waals surface area contributed by atoms with Crippen molar-refractivity contribution in [3.8, 4) is 5.75 Å². The Morgan fingerprint density at radius 1 is 1.24 bits per heavy atom. The molecule has 1 aromatic rings. The van der Waals surface area contributed by atoms with E-state index in [-0.39, 0.29) is 30.6 Å². The Labute approximate surface area is 143 Å². The predicted octanol–water partition coefficient (Wildman–Crippen LogP) is 3.64.